The van der Waals surface area contributed by atoms with Crippen LogP contribution in [0.3, 0.4) is 0 Å². The Morgan fingerprint density at radius 1 is 1.33 bits per heavy atom. The second kappa shape index (κ2) is 4.81. The minimum Gasteiger partial charge on any atom is -0.336 e. The van der Waals surface area contributed by atoms with Gasteiger partial charge in [-0.15, -0.1) is 11.6 Å². The SMILES string of the molecule is ClC(Cn1ccnc1)c1ccc(Br)cc1. The fourth-order valence-electron chi connectivity index (χ4n) is 1.36. The van der Waals surface area contributed by atoms with E-state index < -0.39 is 0 Å². The lowest BCUT2D eigenvalue weighted by atomic mass is 10.1. The van der Waals surface area contributed by atoms with Crippen LogP contribution in [0.2, 0.25) is 0 Å². The van der Waals surface area contributed by atoms with Crippen molar-refractivity contribution in [3.63, 3.8) is 0 Å². The zero-order chi connectivity index (χ0) is 10.7. The predicted octanol–water partition coefficient (Wildman–Crippen LogP) is 3.63. The summed E-state index contributed by atoms with van der Waals surface area (Å²) in [6.45, 7) is 0.739. The monoisotopic (exact) mass is 284 g/mol. The normalized spacial score (nSPS) is 12.7. The molecule has 2 aromatic rings. The van der Waals surface area contributed by atoms with Gasteiger partial charge in [0.05, 0.1) is 11.7 Å². The van der Waals surface area contributed by atoms with Crippen molar-refractivity contribution in [2.24, 2.45) is 0 Å². The molecule has 0 saturated carbocycles. The Kier molecular flexibility index (Phi) is 3.44. The van der Waals surface area contributed by atoms with Crippen molar-refractivity contribution >= 4 is 27.5 Å². The molecule has 0 fully saturated rings. The van der Waals surface area contributed by atoms with E-state index in [0.717, 1.165) is 16.6 Å². The molecule has 1 atom stereocenters. The van der Waals surface area contributed by atoms with E-state index in [1.807, 2.05) is 35.0 Å². The van der Waals surface area contributed by atoms with Crippen LogP contribution >= 0.6 is 27.5 Å². The topological polar surface area (TPSA) is 17.8 Å². The molecule has 0 aliphatic heterocycles. The molecule has 0 amide bonds. The molecule has 1 unspecified atom stereocenters. The number of aromatic nitrogens is 2. The van der Waals surface area contributed by atoms with E-state index in [9.17, 15) is 0 Å². The van der Waals surface area contributed by atoms with Gasteiger partial charge in [-0.05, 0) is 17.7 Å². The number of nitrogens with zero attached hydrogens (tertiary/aromatic N) is 2. The van der Waals surface area contributed by atoms with E-state index in [1.165, 1.54) is 0 Å². The van der Waals surface area contributed by atoms with Gasteiger partial charge in [-0.2, -0.15) is 0 Å². The van der Waals surface area contributed by atoms with Crippen molar-refractivity contribution in [1.82, 2.24) is 9.55 Å². The van der Waals surface area contributed by atoms with Crippen molar-refractivity contribution in [1.29, 1.82) is 0 Å². The molecule has 0 bridgehead atoms. The second-order valence-electron chi connectivity index (χ2n) is 3.28. The first-order valence-electron chi connectivity index (χ1n) is 4.61. The van der Waals surface area contributed by atoms with E-state index in [0.29, 0.717) is 0 Å². The van der Waals surface area contributed by atoms with Crippen molar-refractivity contribution in [2.75, 3.05) is 0 Å². The summed E-state index contributed by atoms with van der Waals surface area (Å²) in [5.41, 5.74) is 1.12. The number of hydrogen-bond donors (Lipinski definition) is 0. The molecule has 0 N–H and O–H groups in total. The number of benzene rings is 1. The summed E-state index contributed by atoms with van der Waals surface area (Å²) in [5.74, 6) is 0. The van der Waals surface area contributed by atoms with Crippen LogP contribution in [0, 0.1) is 0 Å². The summed E-state index contributed by atoms with van der Waals surface area (Å²) in [7, 11) is 0. The molecular weight excluding hydrogens is 275 g/mol. The van der Waals surface area contributed by atoms with Crippen LogP contribution in [0.25, 0.3) is 0 Å². The van der Waals surface area contributed by atoms with Gasteiger partial charge in [-0.3, -0.25) is 0 Å². The van der Waals surface area contributed by atoms with Crippen LogP contribution in [0.5, 0.6) is 0 Å². The molecule has 2 nitrogen and oxygen atoms in total. The summed E-state index contributed by atoms with van der Waals surface area (Å²) in [6.07, 6.45) is 5.44. The Morgan fingerprint density at radius 2 is 2.07 bits per heavy atom. The molecule has 0 aliphatic carbocycles. The molecule has 4 heteroatoms. The Bertz CT molecular complexity index is 411. The smallest absolute Gasteiger partial charge is 0.0946 e. The van der Waals surface area contributed by atoms with Gasteiger partial charge in [0.25, 0.3) is 0 Å². The van der Waals surface area contributed by atoms with Crippen molar-refractivity contribution < 1.29 is 0 Å². The maximum absolute atomic E-state index is 6.29. The third-order valence-corrected chi connectivity index (χ3v) is 3.08. The minimum absolute atomic E-state index is 0.0210. The number of halogens is 2. The van der Waals surface area contributed by atoms with Gasteiger partial charge in [-0.25, -0.2) is 4.98 Å². The highest BCUT2D eigenvalue weighted by Gasteiger charge is 2.07. The van der Waals surface area contributed by atoms with E-state index in [-0.39, 0.29) is 5.38 Å². The number of rotatable bonds is 3. The van der Waals surface area contributed by atoms with Gasteiger partial charge in [0.2, 0.25) is 0 Å². The van der Waals surface area contributed by atoms with E-state index >= 15 is 0 Å². The first-order valence-corrected chi connectivity index (χ1v) is 5.84. The molecule has 1 heterocycles. The lowest BCUT2D eigenvalue weighted by molar-refractivity contribution is 0.677. The molecule has 0 saturated heterocycles. The highest BCUT2D eigenvalue weighted by Crippen LogP contribution is 2.23. The standard InChI is InChI=1S/C11H10BrClN2/c12-10-3-1-9(2-4-10)11(13)7-15-6-5-14-8-15/h1-6,8,11H,7H2. The van der Waals surface area contributed by atoms with Crippen LogP contribution < -0.4 is 0 Å². The summed E-state index contributed by atoms with van der Waals surface area (Å²) < 4.78 is 3.04. The molecule has 1 aromatic heterocycles. The van der Waals surface area contributed by atoms with E-state index in [1.54, 1.807) is 12.5 Å². The van der Waals surface area contributed by atoms with Crippen LogP contribution in [0.15, 0.2) is 47.5 Å². The summed E-state index contributed by atoms with van der Waals surface area (Å²) in [6, 6.07) is 8.05. The van der Waals surface area contributed by atoms with Gasteiger partial charge in [0, 0.05) is 23.4 Å². The Labute approximate surface area is 102 Å². The maximum atomic E-state index is 6.29. The van der Waals surface area contributed by atoms with E-state index in [2.05, 4.69) is 20.9 Å². The summed E-state index contributed by atoms with van der Waals surface area (Å²) in [4.78, 5) is 3.98. The lowest BCUT2D eigenvalue weighted by Crippen LogP contribution is -2.01. The highest BCUT2D eigenvalue weighted by molar-refractivity contribution is 9.10. The zero-order valence-electron chi connectivity index (χ0n) is 7.98. The first kappa shape index (κ1) is 10.7. The van der Waals surface area contributed by atoms with E-state index in [4.69, 9.17) is 11.6 Å². The van der Waals surface area contributed by atoms with Crippen molar-refractivity contribution in [3.05, 3.63) is 53.0 Å². The van der Waals surface area contributed by atoms with Gasteiger partial charge in [0.15, 0.2) is 0 Å². The zero-order valence-corrected chi connectivity index (χ0v) is 10.3. The van der Waals surface area contributed by atoms with Crippen molar-refractivity contribution in [2.45, 2.75) is 11.9 Å². The fraction of sp³-hybridized carbons (Fsp3) is 0.182. The Morgan fingerprint density at radius 3 is 2.67 bits per heavy atom. The number of alkyl halides is 1. The average molecular weight is 286 g/mol. The Hall–Kier alpha value is -0.800. The summed E-state index contributed by atoms with van der Waals surface area (Å²) in [5, 5.41) is -0.0210. The largest absolute Gasteiger partial charge is 0.336 e. The molecule has 1 aromatic carbocycles. The summed E-state index contributed by atoms with van der Waals surface area (Å²) >= 11 is 9.68. The average Bonchev–Trinajstić information content (AvgIpc) is 2.71. The maximum Gasteiger partial charge on any atom is 0.0946 e. The van der Waals surface area contributed by atoms with Gasteiger partial charge in [0.1, 0.15) is 0 Å². The minimum atomic E-state index is -0.0210. The van der Waals surface area contributed by atoms with Crippen LogP contribution in [0.1, 0.15) is 10.9 Å². The molecule has 0 aliphatic rings. The number of hydrogen-bond acceptors (Lipinski definition) is 1. The molecule has 0 radical (unpaired) electrons. The molecular formula is C11H10BrClN2. The predicted molar refractivity (Wildman–Crippen MR) is 65.0 cm³/mol. The second-order valence-corrected chi connectivity index (χ2v) is 4.72. The van der Waals surface area contributed by atoms with Crippen LogP contribution in [-0.4, -0.2) is 9.55 Å². The van der Waals surface area contributed by atoms with Gasteiger partial charge >= 0.3 is 0 Å². The third kappa shape index (κ3) is 2.83. The first-order chi connectivity index (χ1) is 7.25. The molecule has 0 spiro atoms. The lowest BCUT2D eigenvalue weighted by Gasteiger charge is -2.10. The molecule has 78 valence electrons. The molecule has 15 heavy (non-hydrogen) atoms. The quantitative estimate of drug-likeness (QED) is 0.788. The molecule has 2 rings (SSSR count). The van der Waals surface area contributed by atoms with Crippen LogP contribution in [-0.2, 0) is 6.54 Å². The van der Waals surface area contributed by atoms with Crippen LogP contribution in [0.4, 0.5) is 0 Å². The fourth-order valence-corrected chi connectivity index (χ4v) is 1.93. The van der Waals surface area contributed by atoms with Gasteiger partial charge in [-0.1, -0.05) is 28.1 Å². The number of imidazole rings is 1. The van der Waals surface area contributed by atoms with Gasteiger partial charge < -0.3 is 4.57 Å². The Balaban J connectivity index is 2.08. The van der Waals surface area contributed by atoms with Crippen molar-refractivity contribution in [3.8, 4) is 0 Å². The highest BCUT2D eigenvalue weighted by atomic mass is 79.9. The third-order valence-electron chi connectivity index (χ3n) is 2.16.